The molecule has 2 heterocycles. The number of rotatable bonds is 3. The quantitative estimate of drug-likeness (QED) is 0.857. The molecule has 0 aliphatic carbocycles. The number of nitrogens with two attached hydrogens (primary N) is 1. The van der Waals surface area contributed by atoms with Crippen molar-refractivity contribution < 1.29 is 9.18 Å². The number of pyridine rings is 1. The molecule has 0 saturated carbocycles. The minimum atomic E-state index is -0.617. The molecular formula is C11H12FN5O. The summed E-state index contributed by atoms with van der Waals surface area (Å²) in [6, 6.07) is 2.68. The topological polar surface area (TPSA) is 85.8 Å². The fraction of sp³-hybridized carbons (Fsp3) is 0.182. The SMILES string of the molecule is CCn1ccc(NC(=O)c2cc(F)cnc2N)n1. The molecule has 94 valence electrons. The van der Waals surface area contributed by atoms with Crippen LogP contribution in [-0.2, 0) is 6.54 Å². The third kappa shape index (κ3) is 2.45. The van der Waals surface area contributed by atoms with E-state index in [0.29, 0.717) is 12.4 Å². The molecule has 0 radical (unpaired) electrons. The summed E-state index contributed by atoms with van der Waals surface area (Å²) in [5, 5.41) is 6.60. The van der Waals surface area contributed by atoms with Gasteiger partial charge in [0.25, 0.3) is 5.91 Å². The number of aryl methyl sites for hydroxylation is 1. The average molecular weight is 249 g/mol. The van der Waals surface area contributed by atoms with Gasteiger partial charge in [0.15, 0.2) is 5.82 Å². The van der Waals surface area contributed by atoms with E-state index in [-0.39, 0.29) is 11.4 Å². The minimum Gasteiger partial charge on any atom is -0.383 e. The normalized spacial score (nSPS) is 10.3. The monoisotopic (exact) mass is 249 g/mol. The summed E-state index contributed by atoms with van der Waals surface area (Å²) < 4.78 is 14.6. The number of amides is 1. The van der Waals surface area contributed by atoms with Crippen molar-refractivity contribution in [1.82, 2.24) is 14.8 Å². The summed E-state index contributed by atoms with van der Waals surface area (Å²) in [4.78, 5) is 15.4. The predicted molar refractivity (Wildman–Crippen MR) is 64.5 cm³/mol. The van der Waals surface area contributed by atoms with Crippen LogP contribution in [0, 0.1) is 5.82 Å². The van der Waals surface area contributed by atoms with Gasteiger partial charge in [-0.1, -0.05) is 0 Å². The van der Waals surface area contributed by atoms with Gasteiger partial charge >= 0.3 is 0 Å². The molecule has 0 spiro atoms. The lowest BCUT2D eigenvalue weighted by Gasteiger charge is -2.04. The number of nitrogen functional groups attached to an aromatic ring is 1. The number of nitrogens with zero attached hydrogens (tertiary/aromatic N) is 3. The number of hydrogen-bond donors (Lipinski definition) is 2. The molecular weight excluding hydrogens is 237 g/mol. The van der Waals surface area contributed by atoms with E-state index in [4.69, 9.17) is 5.73 Å². The van der Waals surface area contributed by atoms with Gasteiger partial charge in [0.1, 0.15) is 11.6 Å². The lowest BCUT2D eigenvalue weighted by molar-refractivity contribution is 0.102. The highest BCUT2D eigenvalue weighted by atomic mass is 19.1. The maximum Gasteiger partial charge on any atom is 0.260 e. The largest absolute Gasteiger partial charge is 0.383 e. The first kappa shape index (κ1) is 12.0. The standard InChI is InChI=1S/C11H12FN5O/c1-2-17-4-3-9(16-17)15-11(18)8-5-7(12)6-14-10(8)13/h3-6H,2H2,1H3,(H2,13,14)(H,15,16,18). The van der Waals surface area contributed by atoms with Crippen LogP contribution in [0.15, 0.2) is 24.5 Å². The van der Waals surface area contributed by atoms with Gasteiger partial charge in [-0.15, -0.1) is 0 Å². The number of hydrogen-bond acceptors (Lipinski definition) is 4. The molecule has 2 aromatic rings. The van der Waals surface area contributed by atoms with Crippen molar-refractivity contribution in [3.63, 3.8) is 0 Å². The number of carbonyl (C=O) groups excluding carboxylic acids is 1. The van der Waals surface area contributed by atoms with E-state index in [1.165, 1.54) is 0 Å². The van der Waals surface area contributed by atoms with Crippen molar-refractivity contribution in [3.05, 3.63) is 35.9 Å². The van der Waals surface area contributed by atoms with Crippen molar-refractivity contribution in [1.29, 1.82) is 0 Å². The maximum absolute atomic E-state index is 13.0. The average Bonchev–Trinajstić information content (AvgIpc) is 2.80. The Morgan fingerprint density at radius 1 is 1.61 bits per heavy atom. The molecule has 2 aromatic heterocycles. The van der Waals surface area contributed by atoms with E-state index in [9.17, 15) is 9.18 Å². The van der Waals surface area contributed by atoms with Crippen molar-refractivity contribution in [2.75, 3.05) is 11.1 Å². The van der Waals surface area contributed by atoms with Crippen molar-refractivity contribution in [3.8, 4) is 0 Å². The van der Waals surface area contributed by atoms with Crippen LogP contribution < -0.4 is 11.1 Å². The van der Waals surface area contributed by atoms with Gasteiger partial charge in [-0.2, -0.15) is 5.10 Å². The summed E-state index contributed by atoms with van der Waals surface area (Å²) in [6.45, 7) is 2.62. The maximum atomic E-state index is 13.0. The van der Waals surface area contributed by atoms with Crippen LogP contribution in [0.4, 0.5) is 16.0 Å². The first-order valence-corrected chi connectivity index (χ1v) is 5.36. The Labute approximate surface area is 103 Å². The fourth-order valence-electron chi connectivity index (χ4n) is 1.42. The molecule has 0 saturated heterocycles. The second kappa shape index (κ2) is 4.82. The smallest absolute Gasteiger partial charge is 0.260 e. The van der Waals surface area contributed by atoms with E-state index >= 15 is 0 Å². The fourth-order valence-corrected chi connectivity index (χ4v) is 1.42. The molecule has 0 fully saturated rings. The van der Waals surface area contributed by atoms with Crippen LogP contribution in [0.1, 0.15) is 17.3 Å². The second-order valence-electron chi connectivity index (χ2n) is 3.60. The Kier molecular flexibility index (Phi) is 3.22. The van der Waals surface area contributed by atoms with Crippen LogP contribution in [0.3, 0.4) is 0 Å². The Hall–Kier alpha value is -2.44. The van der Waals surface area contributed by atoms with E-state index in [2.05, 4.69) is 15.4 Å². The van der Waals surface area contributed by atoms with E-state index in [1.54, 1.807) is 16.9 Å². The number of halogens is 1. The van der Waals surface area contributed by atoms with Gasteiger partial charge in [-0.25, -0.2) is 9.37 Å². The van der Waals surface area contributed by atoms with Crippen LogP contribution in [0.25, 0.3) is 0 Å². The molecule has 3 N–H and O–H groups in total. The molecule has 0 aliphatic heterocycles. The van der Waals surface area contributed by atoms with Gasteiger partial charge in [-0.3, -0.25) is 9.48 Å². The Morgan fingerprint density at radius 3 is 3.06 bits per heavy atom. The second-order valence-corrected chi connectivity index (χ2v) is 3.60. The van der Waals surface area contributed by atoms with Crippen LogP contribution in [0.2, 0.25) is 0 Å². The Morgan fingerprint density at radius 2 is 2.39 bits per heavy atom. The van der Waals surface area contributed by atoms with Crippen LogP contribution in [-0.4, -0.2) is 20.7 Å². The van der Waals surface area contributed by atoms with E-state index in [0.717, 1.165) is 12.3 Å². The summed E-state index contributed by atoms with van der Waals surface area (Å²) in [6.07, 6.45) is 2.68. The molecule has 0 aromatic carbocycles. The molecule has 1 amide bonds. The molecule has 0 aliphatic rings. The van der Waals surface area contributed by atoms with Gasteiger partial charge in [-0.05, 0) is 13.0 Å². The number of anilines is 2. The van der Waals surface area contributed by atoms with Gasteiger partial charge in [0.05, 0.1) is 11.8 Å². The molecule has 0 bridgehead atoms. The van der Waals surface area contributed by atoms with Crippen LogP contribution >= 0.6 is 0 Å². The molecule has 6 nitrogen and oxygen atoms in total. The Balaban J connectivity index is 2.19. The lowest BCUT2D eigenvalue weighted by Crippen LogP contribution is -2.15. The van der Waals surface area contributed by atoms with Crippen LogP contribution in [0.5, 0.6) is 0 Å². The number of nitrogens with one attached hydrogen (secondary N) is 1. The summed E-state index contributed by atoms with van der Waals surface area (Å²) in [5.41, 5.74) is 5.50. The number of carbonyl (C=O) groups is 1. The van der Waals surface area contributed by atoms with Gasteiger partial charge in [0.2, 0.25) is 0 Å². The minimum absolute atomic E-state index is 0.0129. The molecule has 0 unspecified atom stereocenters. The molecule has 2 rings (SSSR count). The molecule has 7 heteroatoms. The highest BCUT2D eigenvalue weighted by Gasteiger charge is 2.13. The third-order valence-electron chi connectivity index (χ3n) is 2.34. The highest BCUT2D eigenvalue weighted by molar-refractivity contribution is 6.06. The molecule has 0 atom stereocenters. The zero-order valence-electron chi connectivity index (χ0n) is 9.72. The van der Waals surface area contributed by atoms with E-state index in [1.807, 2.05) is 6.92 Å². The summed E-state index contributed by atoms with van der Waals surface area (Å²) in [5.74, 6) is -0.802. The van der Waals surface area contributed by atoms with Crippen molar-refractivity contribution >= 4 is 17.5 Å². The number of aromatic nitrogens is 3. The van der Waals surface area contributed by atoms with Gasteiger partial charge < -0.3 is 11.1 Å². The third-order valence-corrected chi connectivity index (χ3v) is 2.34. The zero-order chi connectivity index (χ0) is 13.1. The van der Waals surface area contributed by atoms with Gasteiger partial charge in [0, 0.05) is 18.8 Å². The summed E-state index contributed by atoms with van der Waals surface area (Å²) >= 11 is 0. The van der Waals surface area contributed by atoms with Crippen molar-refractivity contribution in [2.24, 2.45) is 0 Å². The first-order valence-electron chi connectivity index (χ1n) is 5.36. The summed E-state index contributed by atoms with van der Waals surface area (Å²) in [7, 11) is 0. The Bertz CT molecular complexity index is 581. The zero-order valence-corrected chi connectivity index (χ0v) is 9.72. The van der Waals surface area contributed by atoms with Crippen molar-refractivity contribution in [2.45, 2.75) is 13.5 Å². The predicted octanol–water partition coefficient (Wildman–Crippen LogP) is 1.27. The lowest BCUT2D eigenvalue weighted by atomic mass is 10.2. The molecule has 18 heavy (non-hydrogen) atoms. The highest BCUT2D eigenvalue weighted by Crippen LogP contribution is 2.12. The van der Waals surface area contributed by atoms with E-state index < -0.39 is 11.7 Å². The first-order chi connectivity index (χ1) is 8.60.